The maximum atomic E-state index is 14.3. The van der Waals surface area contributed by atoms with Crippen LogP contribution in [0.3, 0.4) is 0 Å². The van der Waals surface area contributed by atoms with Gasteiger partial charge in [0, 0.05) is 31.5 Å². The highest BCUT2D eigenvalue weighted by Crippen LogP contribution is 2.38. The second kappa shape index (κ2) is 13.2. The molecule has 10 heteroatoms. The van der Waals surface area contributed by atoms with Crippen molar-refractivity contribution in [1.29, 1.82) is 0 Å². The third kappa shape index (κ3) is 6.33. The highest BCUT2D eigenvalue weighted by atomic mass is 32.1. The van der Waals surface area contributed by atoms with Crippen molar-refractivity contribution in [1.82, 2.24) is 20.1 Å². The van der Waals surface area contributed by atoms with Gasteiger partial charge in [0.15, 0.2) is 5.11 Å². The summed E-state index contributed by atoms with van der Waals surface area (Å²) < 4.78 is 10.9. The van der Waals surface area contributed by atoms with E-state index in [1.54, 1.807) is 49.7 Å². The first-order valence-electron chi connectivity index (χ1n) is 14.3. The van der Waals surface area contributed by atoms with Gasteiger partial charge < -0.3 is 29.9 Å². The molecule has 0 unspecified atom stereocenters. The summed E-state index contributed by atoms with van der Waals surface area (Å²) in [5.74, 6) is 0.719. The quantitative estimate of drug-likeness (QED) is 0.330. The number of methoxy groups -OCH3 is 2. The molecule has 1 aromatic heterocycles. The summed E-state index contributed by atoms with van der Waals surface area (Å²) in [5.41, 5.74) is 1.44. The molecule has 0 spiro atoms. The topological polar surface area (TPSA) is 96.0 Å². The van der Waals surface area contributed by atoms with Gasteiger partial charge in [-0.05, 0) is 54.4 Å². The molecule has 2 aromatic carbocycles. The molecule has 2 fully saturated rings. The Labute approximate surface area is 252 Å². The first kappa shape index (κ1) is 29.3. The van der Waals surface area contributed by atoms with Crippen LogP contribution in [0.1, 0.15) is 49.3 Å². The molecular weight excluding hydrogens is 550 g/mol. The Balaban J connectivity index is 1.44. The van der Waals surface area contributed by atoms with E-state index in [1.807, 2.05) is 35.2 Å². The molecule has 2 amide bonds. The predicted octanol–water partition coefficient (Wildman–Crippen LogP) is 4.70. The Morgan fingerprint density at radius 3 is 2.55 bits per heavy atom. The van der Waals surface area contributed by atoms with Crippen LogP contribution in [0.2, 0.25) is 0 Å². The van der Waals surface area contributed by atoms with Crippen molar-refractivity contribution in [3.05, 3.63) is 84.2 Å². The number of carbonyl (C=O) groups is 2. The molecule has 1 atom stereocenters. The van der Waals surface area contributed by atoms with E-state index < -0.39 is 5.54 Å². The maximum Gasteiger partial charge on any atom is 0.250 e. The molecule has 1 aliphatic heterocycles. The minimum Gasteiger partial charge on any atom is -0.497 e. The summed E-state index contributed by atoms with van der Waals surface area (Å²) >= 11 is 5.65. The number of amides is 2. The van der Waals surface area contributed by atoms with Crippen LogP contribution < -0.4 is 20.1 Å². The average Bonchev–Trinajstić information content (AvgIpc) is 3.40. The zero-order valence-electron chi connectivity index (χ0n) is 24.0. The number of hydrogen-bond acceptors (Lipinski definition) is 6. The van der Waals surface area contributed by atoms with Crippen molar-refractivity contribution >= 4 is 34.8 Å². The van der Waals surface area contributed by atoms with E-state index in [0.29, 0.717) is 41.7 Å². The zero-order chi connectivity index (χ0) is 29.5. The lowest BCUT2D eigenvalue weighted by Gasteiger charge is -2.45. The Kier molecular flexibility index (Phi) is 9.22. The van der Waals surface area contributed by atoms with Crippen molar-refractivity contribution in [3.8, 4) is 11.5 Å². The zero-order valence-corrected chi connectivity index (χ0v) is 24.9. The summed E-state index contributed by atoms with van der Waals surface area (Å²) in [6, 6.07) is 19.1. The minimum absolute atomic E-state index is 0.00671. The van der Waals surface area contributed by atoms with Crippen molar-refractivity contribution in [2.75, 3.05) is 32.6 Å². The molecule has 5 rings (SSSR count). The van der Waals surface area contributed by atoms with Gasteiger partial charge in [-0.25, -0.2) is 0 Å². The van der Waals surface area contributed by atoms with Crippen LogP contribution in [0.15, 0.2) is 73.1 Å². The molecule has 0 radical (unpaired) electrons. The number of ether oxygens (including phenoxy) is 2. The smallest absolute Gasteiger partial charge is 0.250 e. The third-order valence-electron chi connectivity index (χ3n) is 8.16. The summed E-state index contributed by atoms with van der Waals surface area (Å²) in [6.07, 6.45) is 7.24. The van der Waals surface area contributed by atoms with Gasteiger partial charge in [-0.1, -0.05) is 55.7 Å². The van der Waals surface area contributed by atoms with E-state index in [1.165, 1.54) is 0 Å². The van der Waals surface area contributed by atoms with Crippen molar-refractivity contribution in [3.63, 3.8) is 0 Å². The van der Waals surface area contributed by atoms with Gasteiger partial charge >= 0.3 is 0 Å². The molecule has 0 bridgehead atoms. The molecule has 2 N–H and O–H groups in total. The third-order valence-corrected chi connectivity index (χ3v) is 8.53. The van der Waals surface area contributed by atoms with E-state index in [-0.39, 0.29) is 30.9 Å². The number of pyridine rings is 1. The van der Waals surface area contributed by atoms with E-state index in [9.17, 15) is 9.59 Å². The Hall–Kier alpha value is -4.18. The van der Waals surface area contributed by atoms with Gasteiger partial charge in [0.1, 0.15) is 17.0 Å². The fraction of sp³-hybridized carbons (Fsp3) is 0.375. The fourth-order valence-corrected chi connectivity index (χ4v) is 6.18. The van der Waals surface area contributed by atoms with Crippen LogP contribution in [-0.4, -0.2) is 64.6 Å². The van der Waals surface area contributed by atoms with Crippen LogP contribution in [0.25, 0.3) is 0 Å². The van der Waals surface area contributed by atoms with Gasteiger partial charge in [-0.2, -0.15) is 0 Å². The second-order valence-electron chi connectivity index (χ2n) is 10.7. The number of hydrogen-bond donors (Lipinski definition) is 2. The number of aromatic nitrogens is 1. The lowest BCUT2D eigenvalue weighted by Crippen LogP contribution is -2.61. The largest absolute Gasteiger partial charge is 0.497 e. The predicted molar refractivity (Wildman–Crippen MR) is 165 cm³/mol. The number of thiocarbonyl (C=S) groups is 1. The molecule has 1 saturated heterocycles. The number of rotatable bonds is 10. The van der Waals surface area contributed by atoms with Gasteiger partial charge in [0.25, 0.3) is 0 Å². The van der Waals surface area contributed by atoms with E-state index >= 15 is 0 Å². The van der Waals surface area contributed by atoms with E-state index in [2.05, 4.69) is 27.8 Å². The SMILES string of the molecule is COc1ccc(NC(=O)C2(N(Cc3cccnc3)C(=O)CN3C[C@@H](c4ccccc4)NC3=S)CCCCC2)c(OC)c1. The lowest BCUT2D eigenvalue weighted by molar-refractivity contribution is -0.149. The normalized spacial score (nSPS) is 17.7. The first-order chi connectivity index (χ1) is 20.4. The monoisotopic (exact) mass is 587 g/mol. The number of benzene rings is 2. The van der Waals surface area contributed by atoms with Crippen LogP contribution in [-0.2, 0) is 16.1 Å². The molecular formula is C32H37N5O4S. The highest BCUT2D eigenvalue weighted by Gasteiger charge is 2.47. The highest BCUT2D eigenvalue weighted by molar-refractivity contribution is 7.80. The summed E-state index contributed by atoms with van der Waals surface area (Å²) in [6.45, 7) is 0.893. The number of nitrogens with zero attached hydrogens (tertiary/aromatic N) is 3. The number of anilines is 1. The van der Waals surface area contributed by atoms with Crippen LogP contribution in [0, 0.1) is 0 Å². The van der Waals surface area contributed by atoms with Crippen LogP contribution >= 0.6 is 12.2 Å². The summed E-state index contributed by atoms with van der Waals surface area (Å²) in [5, 5.41) is 6.98. The molecule has 3 aromatic rings. The molecule has 9 nitrogen and oxygen atoms in total. The molecule has 1 saturated carbocycles. The van der Waals surface area contributed by atoms with Crippen LogP contribution in [0.4, 0.5) is 5.69 Å². The van der Waals surface area contributed by atoms with E-state index in [0.717, 1.165) is 30.4 Å². The van der Waals surface area contributed by atoms with Gasteiger partial charge in [0.2, 0.25) is 11.8 Å². The molecule has 220 valence electrons. The van der Waals surface area contributed by atoms with Crippen molar-refractivity contribution < 1.29 is 19.1 Å². The molecule has 42 heavy (non-hydrogen) atoms. The second-order valence-corrected chi connectivity index (χ2v) is 11.1. The Bertz CT molecular complexity index is 1400. The Morgan fingerprint density at radius 2 is 1.86 bits per heavy atom. The van der Waals surface area contributed by atoms with E-state index in [4.69, 9.17) is 21.7 Å². The maximum absolute atomic E-state index is 14.3. The molecule has 2 aliphatic rings. The summed E-state index contributed by atoms with van der Waals surface area (Å²) in [4.78, 5) is 36.6. The summed E-state index contributed by atoms with van der Waals surface area (Å²) in [7, 11) is 3.13. The molecule has 1 aliphatic carbocycles. The lowest BCUT2D eigenvalue weighted by atomic mass is 9.78. The van der Waals surface area contributed by atoms with Gasteiger partial charge in [0.05, 0.1) is 32.5 Å². The fourth-order valence-electron chi connectivity index (χ4n) is 5.90. The molecule has 2 heterocycles. The standard InChI is InChI=1S/C32H37N5O4S/c1-40-25-13-14-26(28(18-25)41-2)34-30(39)32(15-7-4-8-16-32)37(20-23-10-9-17-33-19-23)29(38)22-36-21-27(35-31(36)42)24-11-5-3-6-12-24/h3,5-6,9-14,17-19,27H,4,7-8,15-16,20-22H2,1-2H3,(H,34,39)(H,35,42)/t27-/m0/s1. The Morgan fingerprint density at radius 1 is 1.07 bits per heavy atom. The van der Waals surface area contributed by atoms with Crippen molar-refractivity contribution in [2.45, 2.75) is 50.2 Å². The van der Waals surface area contributed by atoms with Gasteiger partial charge in [-0.3, -0.25) is 14.6 Å². The van der Waals surface area contributed by atoms with Crippen molar-refractivity contribution in [2.24, 2.45) is 0 Å². The number of carbonyl (C=O) groups excluding carboxylic acids is 2. The van der Waals surface area contributed by atoms with Crippen LogP contribution in [0.5, 0.6) is 11.5 Å². The minimum atomic E-state index is -1.05. The van der Waals surface area contributed by atoms with Gasteiger partial charge in [-0.15, -0.1) is 0 Å². The number of nitrogens with one attached hydrogen (secondary N) is 2. The average molecular weight is 588 g/mol. The first-order valence-corrected chi connectivity index (χ1v) is 14.7.